The first-order valence-corrected chi connectivity index (χ1v) is 7.34. The molecule has 0 saturated heterocycles. The Morgan fingerprint density at radius 2 is 2.05 bits per heavy atom. The molecule has 0 aliphatic carbocycles. The third-order valence-corrected chi connectivity index (χ3v) is 3.87. The predicted octanol–water partition coefficient (Wildman–Crippen LogP) is 4.37. The van der Waals surface area contributed by atoms with Gasteiger partial charge in [0.1, 0.15) is 17.1 Å². The molecule has 4 heteroatoms. The molecule has 1 aliphatic rings. The smallest absolute Gasteiger partial charge is 0.134 e. The Bertz CT molecular complexity index is 682. The summed E-state index contributed by atoms with van der Waals surface area (Å²) in [5, 5.41) is 13.1. The van der Waals surface area contributed by atoms with Crippen LogP contribution in [0.4, 0.5) is 5.69 Å². The van der Waals surface area contributed by atoms with E-state index in [1.165, 1.54) is 11.1 Å². The fourth-order valence-electron chi connectivity index (χ4n) is 2.59. The highest BCUT2D eigenvalue weighted by Gasteiger charge is 2.29. The number of phenolic OH excluding ortho intramolecular Hbond substituents is 1. The van der Waals surface area contributed by atoms with Crippen molar-refractivity contribution in [2.45, 2.75) is 32.4 Å². The van der Waals surface area contributed by atoms with Crippen LogP contribution in [0.5, 0.6) is 11.5 Å². The van der Waals surface area contributed by atoms with Gasteiger partial charge in [0.2, 0.25) is 0 Å². The van der Waals surface area contributed by atoms with Crippen molar-refractivity contribution in [2.75, 3.05) is 5.32 Å². The van der Waals surface area contributed by atoms with E-state index in [1.807, 2.05) is 6.07 Å². The third kappa shape index (κ3) is 3.08. The molecular weight excluding hydrogens is 286 g/mol. The zero-order valence-electron chi connectivity index (χ0n) is 12.1. The highest BCUT2D eigenvalue weighted by molar-refractivity contribution is 6.32. The van der Waals surface area contributed by atoms with E-state index in [-0.39, 0.29) is 11.4 Å². The summed E-state index contributed by atoms with van der Waals surface area (Å²) in [5.41, 5.74) is 3.22. The van der Waals surface area contributed by atoms with E-state index in [0.29, 0.717) is 11.6 Å². The van der Waals surface area contributed by atoms with Crippen LogP contribution in [0.1, 0.15) is 25.0 Å². The van der Waals surface area contributed by atoms with Crippen molar-refractivity contribution in [2.24, 2.45) is 0 Å². The van der Waals surface area contributed by atoms with Crippen molar-refractivity contribution in [1.29, 1.82) is 0 Å². The molecule has 2 aromatic rings. The van der Waals surface area contributed by atoms with Gasteiger partial charge in [-0.25, -0.2) is 0 Å². The molecule has 110 valence electrons. The molecule has 0 spiro atoms. The summed E-state index contributed by atoms with van der Waals surface area (Å²) in [6.07, 6.45) is 0.932. The number of hydrogen-bond donors (Lipinski definition) is 2. The van der Waals surface area contributed by atoms with Crippen molar-refractivity contribution < 1.29 is 9.84 Å². The van der Waals surface area contributed by atoms with E-state index in [9.17, 15) is 5.11 Å². The molecule has 0 fully saturated rings. The van der Waals surface area contributed by atoms with Crippen molar-refractivity contribution in [1.82, 2.24) is 0 Å². The normalized spacial score (nSPS) is 15.4. The Balaban J connectivity index is 1.71. The molecule has 0 amide bonds. The lowest BCUT2D eigenvalue weighted by Gasteiger charge is -2.16. The Morgan fingerprint density at radius 1 is 1.24 bits per heavy atom. The second-order valence-electron chi connectivity index (χ2n) is 6.00. The predicted molar refractivity (Wildman–Crippen MR) is 85.3 cm³/mol. The summed E-state index contributed by atoms with van der Waals surface area (Å²) in [7, 11) is 0. The Morgan fingerprint density at radius 3 is 2.81 bits per heavy atom. The van der Waals surface area contributed by atoms with Crippen molar-refractivity contribution in [3.8, 4) is 11.5 Å². The minimum absolute atomic E-state index is 0.0964. The van der Waals surface area contributed by atoms with Crippen LogP contribution >= 0.6 is 11.6 Å². The van der Waals surface area contributed by atoms with Crippen LogP contribution in [0.3, 0.4) is 0 Å². The highest BCUT2D eigenvalue weighted by Crippen LogP contribution is 2.35. The van der Waals surface area contributed by atoms with Crippen LogP contribution < -0.4 is 10.1 Å². The fourth-order valence-corrected chi connectivity index (χ4v) is 2.77. The number of nitrogens with one attached hydrogen (secondary N) is 1. The van der Waals surface area contributed by atoms with Gasteiger partial charge in [0, 0.05) is 18.7 Å². The van der Waals surface area contributed by atoms with E-state index in [4.69, 9.17) is 16.3 Å². The summed E-state index contributed by atoms with van der Waals surface area (Å²) in [5.74, 6) is 1.08. The maximum absolute atomic E-state index is 9.41. The summed E-state index contributed by atoms with van der Waals surface area (Å²) < 4.78 is 5.88. The summed E-state index contributed by atoms with van der Waals surface area (Å²) in [6, 6.07) is 11.4. The van der Waals surface area contributed by atoms with E-state index >= 15 is 0 Å². The molecule has 1 heterocycles. The van der Waals surface area contributed by atoms with Gasteiger partial charge in [-0.2, -0.15) is 0 Å². The molecule has 0 unspecified atom stereocenters. The largest absolute Gasteiger partial charge is 0.506 e. The lowest BCUT2D eigenvalue weighted by Crippen LogP contribution is -2.24. The van der Waals surface area contributed by atoms with Gasteiger partial charge in [-0.1, -0.05) is 23.7 Å². The Labute approximate surface area is 129 Å². The van der Waals surface area contributed by atoms with Gasteiger partial charge in [0.25, 0.3) is 0 Å². The van der Waals surface area contributed by atoms with Crippen LogP contribution in [0.2, 0.25) is 5.02 Å². The number of phenols is 1. The van der Waals surface area contributed by atoms with Crippen LogP contribution in [-0.2, 0) is 13.0 Å². The number of hydrogen-bond acceptors (Lipinski definition) is 3. The monoisotopic (exact) mass is 303 g/mol. The quantitative estimate of drug-likeness (QED) is 0.827. The van der Waals surface area contributed by atoms with Crippen LogP contribution in [0.15, 0.2) is 36.4 Å². The van der Waals surface area contributed by atoms with Gasteiger partial charge in [-0.15, -0.1) is 0 Å². The zero-order chi connectivity index (χ0) is 15.0. The molecule has 3 nitrogen and oxygen atoms in total. The fraction of sp³-hybridized carbons (Fsp3) is 0.294. The van der Waals surface area contributed by atoms with E-state index in [2.05, 4.69) is 31.3 Å². The molecule has 0 aromatic heterocycles. The topological polar surface area (TPSA) is 41.5 Å². The molecule has 1 aliphatic heterocycles. The zero-order valence-corrected chi connectivity index (χ0v) is 12.9. The first kappa shape index (κ1) is 14.1. The first-order chi connectivity index (χ1) is 9.93. The number of fused-ring (bicyclic) bond motifs is 1. The summed E-state index contributed by atoms with van der Waals surface area (Å²) >= 11 is 5.90. The average molecular weight is 304 g/mol. The molecule has 0 atom stereocenters. The maximum atomic E-state index is 9.41. The van der Waals surface area contributed by atoms with Gasteiger partial charge in [-0.05, 0) is 49.2 Å². The molecule has 2 N–H and O–H groups in total. The van der Waals surface area contributed by atoms with E-state index in [1.54, 1.807) is 18.2 Å². The van der Waals surface area contributed by atoms with Gasteiger partial charge >= 0.3 is 0 Å². The van der Waals surface area contributed by atoms with Gasteiger partial charge < -0.3 is 15.2 Å². The van der Waals surface area contributed by atoms with Gasteiger partial charge in [0.15, 0.2) is 0 Å². The maximum Gasteiger partial charge on any atom is 0.134 e. The second kappa shape index (κ2) is 5.15. The molecule has 0 saturated carbocycles. The summed E-state index contributed by atoms with van der Waals surface area (Å²) in [4.78, 5) is 0. The van der Waals surface area contributed by atoms with Gasteiger partial charge in [0.05, 0.1) is 5.02 Å². The molecule has 3 rings (SSSR count). The van der Waals surface area contributed by atoms with Crippen molar-refractivity contribution >= 4 is 17.3 Å². The van der Waals surface area contributed by atoms with Crippen molar-refractivity contribution in [3.05, 3.63) is 52.5 Å². The number of ether oxygens (including phenoxy) is 1. The summed E-state index contributed by atoms with van der Waals surface area (Å²) in [6.45, 7) is 4.90. The van der Waals surface area contributed by atoms with E-state index in [0.717, 1.165) is 17.9 Å². The van der Waals surface area contributed by atoms with Crippen LogP contribution in [0, 0.1) is 0 Å². The highest BCUT2D eigenvalue weighted by atomic mass is 35.5. The van der Waals surface area contributed by atoms with Crippen LogP contribution in [0.25, 0.3) is 0 Å². The number of rotatable bonds is 3. The van der Waals surface area contributed by atoms with Crippen molar-refractivity contribution in [3.63, 3.8) is 0 Å². The average Bonchev–Trinajstić information content (AvgIpc) is 2.73. The lowest BCUT2D eigenvalue weighted by molar-refractivity contribution is 0.138. The number of aromatic hydroxyl groups is 1. The minimum atomic E-state index is -0.112. The third-order valence-electron chi connectivity index (χ3n) is 3.57. The molecule has 0 radical (unpaired) electrons. The SMILES string of the molecule is CC1(C)Cc2cc(CNc3ccc(O)c(Cl)c3)ccc2O1. The molecule has 0 bridgehead atoms. The number of anilines is 1. The number of halogens is 1. The van der Waals surface area contributed by atoms with Gasteiger partial charge in [-0.3, -0.25) is 0 Å². The van der Waals surface area contributed by atoms with E-state index < -0.39 is 0 Å². The lowest BCUT2D eigenvalue weighted by atomic mass is 10.0. The first-order valence-electron chi connectivity index (χ1n) is 6.96. The number of benzene rings is 2. The standard InChI is InChI=1S/C17H18ClNO2/c1-17(2)9-12-7-11(3-6-16(12)21-17)10-19-13-4-5-15(20)14(18)8-13/h3-8,19-20H,9-10H2,1-2H3. The molecule has 2 aromatic carbocycles. The molecular formula is C17H18ClNO2. The van der Waals surface area contributed by atoms with Crippen LogP contribution in [-0.4, -0.2) is 10.7 Å². The Kier molecular flexibility index (Phi) is 3.46. The second-order valence-corrected chi connectivity index (χ2v) is 6.41. The molecule has 21 heavy (non-hydrogen) atoms. The Hall–Kier alpha value is -1.87. The minimum Gasteiger partial charge on any atom is -0.506 e.